The van der Waals surface area contributed by atoms with E-state index >= 15 is 0 Å². The van der Waals surface area contributed by atoms with Crippen LogP contribution >= 0.6 is 23.1 Å². The van der Waals surface area contributed by atoms with E-state index in [4.69, 9.17) is 0 Å². The van der Waals surface area contributed by atoms with Crippen LogP contribution in [-0.2, 0) is 4.79 Å². The quantitative estimate of drug-likeness (QED) is 0.724. The number of thiazole rings is 1. The molecule has 0 radical (unpaired) electrons. The second-order valence-electron chi connectivity index (χ2n) is 6.57. The number of rotatable bonds is 6. The van der Waals surface area contributed by atoms with E-state index in [1.165, 1.54) is 11.3 Å². The Morgan fingerprint density at radius 2 is 2.11 bits per heavy atom. The van der Waals surface area contributed by atoms with Crippen LogP contribution in [0.2, 0.25) is 0 Å². The highest BCUT2D eigenvalue weighted by Crippen LogP contribution is 2.19. The number of hydrogen-bond acceptors (Lipinski definition) is 6. The number of carbonyl (C=O) groups is 2. The van der Waals surface area contributed by atoms with Gasteiger partial charge in [-0.05, 0) is 44.2 Å². The van der Waals surface area contributed by atoms with E-state index in [1.54, 1.807) is 17.3 Å². The van der Waals surface area contributed by atoms with Crippen LogP contribution in [0.4, 0.5) is 5.69 Å². The van der Waals surface area contributed by atoms with E-state index in [0.29, 0.717) is 11.4 Å². The van der Waals surface area contributed by atoms with Gasteiger partial charge in [-0.15, -0.1) is 23.1 Å². The maximum atomic E-state index is 12.3. The van der Waals surface area contributed by atoms with Crippen molar-refractivity contribution in [3.8, 4) is 0 Å². The molecule has 0 bridgehead atoms. The molecule has 0 aliphatic carbocycles. The number of piperidine rings is 1. The Labute approximate surface area is 167 Å². The molecule has 0 saturated carbocycles. The highest BCUT2D eigenvalue weighted by molar-refractivity contribution is 7.98. The molecule has 1 saturated heterocycles. The summed E-state index contributed by atoms with van der Waals surface area (Å²) < 4.78 is 0. The second kappa shape index (κ2) is 9.34. The summed E-state index contributed by atoms with van der Waals surface area (Å²) in [5.74, 6) is -0.0455. The third kappa shape index (κ3) is 5.54. The smallest absolute Gasteiger partial charge is 0.263 e. The number of benzene rings is 1. The number of likely N-dealkylation sites (tertiary alicyclic amines) is 1. The fraction of sp³-hybridized carbons (Fsp3) is 0.421. The van der Waals surface area contributed by atoms with Crippen LogP contribution < -0.4 is 10.6 Å². The lowest BCUT2D eigenvalue weighted by molar-refractivity contribution is -0.117. The lowest BCUT2D eigenvalue weighted by Crippen LogP contribution is -2.46. The zero-order chi connectivity index (χ0) is 19.2. The fourth-order valence-corrected chi connectivity index (χ4v) is 4.28. The number of nitrogens with one attached hydrogen (secondary N) is 2. The molecule has 3 rings (SSSR count). The number of hydrogen-bond donors (Lipinski definition) is 2. The first-order valence-corrected chi connectivity index (χ1v) is 11.0. The Kier molecular flexibility index (Phi) is 6.87. The molecule has 1 fully saturated rings. The van der Waals surface area contributed by atoms with Crippen molar-refractivity contribution in [2.75, 3.05) is 31.2 Å². The SMILES string of the molecule is CSc1cccc(NC(=O)CN2CCC(NC(=O)c3scnc3C)CC2)c1. The van der Waals surface area contributed by atoms with Crippen molar-refractivity contribution in [3.63, 3.8) is 0 Å². The van der Waals surface area contributed by atoms with E-state index < -0.39 is 0 Å². The lowest BCUT2D eigenvalue weighted by atomic mass is 10.0. The summed E-state index contributed by atoms with van der Waals surface area (Å²) in [6.45, 7) is 3.81. The number of nitrogens with zero attached hydrogens (tertiary/aromatic N) is 2. The van der Waals surface area contributed by atoms with Crippen molar-refractivity contribution in [2.24, 2.45) is 0 Å². The van der Waals surface area contributed by atoms with Crippen molar-refractivity contribution < 1.29 is 9.59 Å². The zero-order valence-electron chi connectivity index (χ0n) is 15.5. The van der Waals surface area contributed by atoms with E-state index in [2.05, 4.69) is 20.5 Å². The van der Waals surface area contributed by atoms with E-state index in [1.807, 2.05) is 37.4 Å². The van der Waals surface area contributed by atoms with Crippen molar-refractivity contribution in [1.29, 1.82) is 0 Å². The molecule has 1 aromatic carbocycles. The van der Waals surface area contributed by atoms with Gasteiger partial charge in [0.2, 0.25) is 5.91 Å². The molecular formula is C19H24N4O2S2. The molecule has 2 heterocycles. The van der Waals surface area contributed by atoms with Crippen LogP contribution in [0.25, 0.3) is 0 Å². The van der Waals surface area contributed by atoms with Crippen LogP contribution in [0.3, 0.4) is 0 Å². The van der Waals surface area contributed by atoms with Gasteiger partial charge in [-0.2, -0.15) is 0 Å². The molecule has 2 aromatic rings. The van der Waals surface area contributed by atoms with Crippen LogP contribution in [0.1, 0.15) is 28.2 Å². The molecule has 6 nitrogen and oxygen atoms in total. The molecule has 1 aliphatic rings. The van der Waals surface area contributed by atoms with E-state index in [0.717, 1.165) is 42.2 Å². The Morgan fingerprint density at radius 3 is 2.78 bits per heavy atom. The summed E-state index contributed by atoms with van der Waals surface area (Å²) in [6.07, 6.45) is 3.71. The van der Waals surface area contributed by atoms with Crippen LogP contribution in [0.5, 0.6) is 0 Å². The van der Waals surface area contributed by atoms with Gasteiger partial charge >= 0.3 is 0 Å². The summed E-state index contributed by atoms with van der Waals surface area (Å²) in [6, 6.07) is 8.00. The molecule has 2 amide bonds. The Morgan fingerprint density at radius 1 is 1.33 bits per heavy atom. The first-order valence-electron chi connectivity index (χ1n) is 8.92. The van der Waals surface area contributed by atoms with Gasteiger partial charge in [-0.3, -0.25) is 14.5 Å². The third-order valence-electron chi connectivity index (χ3n) is 4.60. The molecule has 1 aromatic heterocycles. The summed E-state index contributed by atoms with van der Waals surface area (Å²) >= 11 is 3.02. The van der Waals surface area contributed by atoms with Gasteiger partial charge in [0, 0.05) is 29.7 Å². The molecule has 27 heavy (non-hydrogen) atoms. The highest BCUT2D eigenvalue weighted by atomic mass is 32.2. The summed E-state index contributed by atoms with van der Waals surface area (Å²) in [4.78, 5) is 32.7. The van der Waals surface area contributed by atoms with E-state index in [9.17, 15) is 9.59 Å². The maximum Gasteiger partial charge on any atom is 0.263 e. The van der Waals surface area contributed by atoms with Gasteiger partial charge < -0.3 is 10.6 Å². The normalized spacial score (nSPS) is 15.5. The average molecular weight is 405 g/mol. The van der Waals surface area contributed by atoms with Gasteiger partial charge in [-0.1, -0.05) is 6.07 Å². The largest absolute Gasteiger partial charge is 0.348 e. The summed E-state index contributed by atoms with van der Waals surface area (Å²) in [5, 5.41) is 6.05. The number of aryl methyl sites for hydroxylation is 1. The van der Waals surface area contributed by atoms with Crippen LogP contribution in [0, 0.1) is 6.92 Å². The molecular weight excluding hydrogens is 380 g/mol. The highest BCUT2D eigenvalue weighted by Gasteiger charge is 2.23. The maximum absolute atomic E-state index is 12.3. The van der Waals surface area contributed by atoms with Gasteiger partial charge in [0.25, 0.3) is 5.91 Å². The molecule has 1 aliphatic heterocycles. The Bertz CT molecular complexity index is 801. The molecule has 0 spiro atoms. The van der Waals surface area contributed by atoms with Gasteiger partial charge in [-0.25, -0.2) is 4.98 Å². The fourth-order valence-electron chi connectivity index (χ4n) is 3.11. The molecule has 0 unspecified atom stereocenters. The molecule has 0 atom stereocenters. The minimum atomic E-state index is -0.0418. The number of carbonyl (C=O) groups excluding carboxylic acids is 2. The van der Waals surface area contributed by atoms with Crippen molar-refractivity contribution >= 4 is 40.6 Å². The van der Waals surface area contributed by atoms with Crippen molar-refractivity contribution in [3.05, 3.63) is 40.3 Å². The number of thioether (sulfide) groups is 1. The minimum absolute atomic E-state index is 0.00368. The standard InChI is InChI=1S/C19H24N4O2S2/c1-13-18(27-12-20-13)19(25)22-14-6-8-23(9-7-14)11-17(24)21-15-4-3-5-16(10-15)26-2/h3-5,10,12,14H,6-9,11H2,1-2H3,(H,21,24)(H,22,25). The second-order valence-corrected chi connectivity index (χ2v) is 8.31. The first kappa shape index (κ1) is 19.9. The molecule has 144 valence electrons. The van der Waals surface area contributed by atoms with Crippen LogP contribution in [-0.4, -0.2) is 53.6 Å². The minimum Gasteiger partial charge on any atom is -0.348 e. The number of aromatic nitrogens is 1. The zero-order valence-corrected chi connectivity index (χ0v) is 17.2. The van der Waals surface area contributed by atoms with Crippen molar-refractivity contribution in [1.82, 2.24) is 15.2 Å². The first-order chi connectivity index (χ1) is 13.0. The lowest BCUT2D eigenvalue weighted by Gasteiger charge is -2.31. The molecule has 2 N–H and O–H groups in total. The van der Waals surface area contributed by atoms with Crippen molar-refractivity contribution in [2.45, 2.75) is 30.7 Å². The van der Waals surface area contributed by atoms with E-state index in [-0.39, 0.29) is 17.9 Å². The number of amides is 2. The number of anilines is 1. The van der Waals surface area contributed by atoms with Gasteiger partial charge in [0.05, 0.1) is 17.7 Å². The topological polar surface area (TPSA) is 74.3 Å². The van der Waals surface area contributed by atoms with Gasteiger partial charge in [0.1, 0.15) is 4.88 Å². The Balaban J connectivity index is 1.43. The van der Waals surface area contributed by atoms with Crippen LogP contribution in [0.15, 0.2) is 34.7 Å². The summed E-state index contributed by atoms with van der Waals surface area (Å²) in [5.41, 5.74) is 3.30. The predicted octanol–water partition coefficient (Wildman–Crippen LogP) is 3.01. The summed E-state index contributed by atoms with van der Waals surface area (Å²) in [7, 11) is 0. The average Bonchev–Trinajstić information content (AvgIpc) is 3.09. The predicted molar refractivity (Wildman–Crippen MR) is 111 cm³/mol. The monoisotopic (exact) mass is 404 g/mol. The molecule has 8 heteroatoms. The Hall–Kier alpha value is -1.90. The third-order valence-corrected chi connectivity index (χ3v) is 6.25. The van der Waals surface area contributed by atoms with Gasteiger partial charge in [0.15, 0.2) is 0 Å².